The van der Waals surface area contributed by atoms with Crippen molar-refractivity contribution in [1.29, 1.82) is 0 Å². The number of hydrogen-bond donors (Lipinski definition) is 2. The zero-order chi connectivity index (χ0) is 20.6. The summed E-state index contributed by atoms with van der Waals surface area (Å²) in [6, 6.07) is 16.2. The van der Waals surface area contributed by atoms with E-state index in [0.29, 0.717) is 5.84 Å². The molecule has 3 rings (SSSR count). The van der Waals surface area contributed by atoms with E-state index < -0.39 is 0 Å². The first-order valence-electron chi connectivity index (χ1n) is 9.69. The third kappa shape index (κ3) is 6.81. The van der Waals surface area contributed by atoms with Crippen molar-refractivity contribution in [2.75, 3.05) is 33.3 Å². The van der Waals surface area contributed by atoms with Crippen molar-refractivity contribution >= 4 is 23.5 Å². The van der Waals surface area contributed by atoms with Crippen LogP contribution in [0, 0.1) is 6.92 Å². The minimum absolute atomic E-state index is 0.493. The van der Waals surface area contributed by atoms with Crippen LogP contribution in [0.3, 0.4) is 0 Å². The molecule has 0 radical (unpaired) electrons. The van der Waals surface area contributed by atoms with E-state index in [0.717, 1.165) is 43.3 Å². The average molecular weight is 412 g/mol. The molecule has 0 bridgehead atoms. The van der Waals surface area contributed by atoms with Crippen LogP contribution in [0.1, 0.15) is 12.5 Å². The Labute approximate surface area is 177 Å². The lowest BCUT2D eigenvalue weighted by molar-refractivity contribution is 0.151. The molecule has 1 aliphatic rings. The number of hydrazine groups is 1. The van der Waals surface area contributed by atoms with E-state index in [2.05, 4.69) is 38.8 Å². The molecule has 0 aromatic heterocycles. The molecular weight excluding hydrogens is 382 g/mol. The van der Waals surface area contributed by atoms with Gasteiger partial charge in [-0.2, -0.15) is 0 Å². The highest BCUT2D eigenvalue weighted by atomic mass is 32.2. The van der Waals surface area contributed by atoms with Crippen molar-refractivity contribution in [3.05, 3.63) is 65.9 Å². The van der Waals surface area contributed by atoms with Crippen LogP contribution < -0.4 is 15.9 Å². The fourth-order valence-electron chi connectivity index (χ4n) is 2.98. The van der Waals surface area contributed by atoms with E-state index in [9.17, 15) is 0 Å². The van der Waals surface area contributed by atoms with E-state index in [1.165, 1.54) is 10.5 Å². The minimum Gasteiger partial charge on any atom is -0.497 e. The van der Waals surface area contributed by atoms with Gasteiger partial charge in [0.15, 0.2) is 0 Å². The molecule has 6 nitrogen and oxygen atoms in total. The molecule has 2 aromatic rings. The first kappa shape index (κ1) is 21.2. The molecule has 7 heteroatoms. The first-order valence-corrected chi connectivity index (χ1v) is 10.5. The van der Waals surface area contributed by atoms with Crippen LogP contribution in [-0.4, -0.2) is 48.4 Å². The number of nitrogens with one attached hydrogen (secondary N) is 1. The van der Waals surface area contributed by atoms with Crippen LogP contribution in [0.2, 0.25) is 0 Å². The zero-order valence-corrected chi connectivity index (χ0v) is 18.1. The molecule has 3 N–H and O–H groups in total. The SMILES string of the molecule is COc1ccc(SN2CCN(N/C(C)=C\C(N)=Nc3ccc(C)cc3)CC2)cc1. The number of amidine groups is 1. The lowest BCUT2D eigenvalue weighted by atomic mass is 10.2. The van der Waals surface area contributed by atoms with Crippen LogP contribution in [0.5, 0.6) is 5.75 Å². The number of allylic oxidation sites excluding steroid dienone is 1. The van der Waals surface area contributed by atoms with E-state index in [-0.39, 0.29) is 0 Å². The van der Waals surface area contributed by atoms with E-state index in [1.807, 2.05) is 49.4 Å². The second-order valence-corrected chi connectivity index (χ2v) is 8.16. The Bertz CT molecular complexity index is 841. The maximum absolute atomic E-state index is 6.07. The number of nitrogens with two attached hydrogens (primary N) is 1. The molecule has 0 amide bonds. The minimum atomic E-state index is 0.493. The summed E-state index contributed by atoms with van der Waals surface area (Å²) in [7, 11) is 1.69. The lowest BCUT2D eigenvalue weighted by Gasteiger charge is -2.34. The van der Waals surface area contributed by atoms with Gasteiger partial charge < -0.3 is 15.9 Å². The molecule has 1 aliphatic heterocycles. The molecule has 1 heterocycles. The Morgan fingerprint density at radius 1 is 1.07 bits per heavy atom. The van der Waals surface area contributed by atoms with Gasteiger partial charge in [0.1, 0.15) is 11.6 Å². The monoisotopic (exact) mass is 411 g/mol. The number of hydrogen-bond acceptors (Lipinski definition) is 6. The van der Waals surface area contributed by atoms with E-state index in [4.69, 9.17) is 10.5 Å². The predicted octanol–water partition coefficient (Wildman–Crippen LogP) is 3.73. The summed E-state index contributed by atoms with van der Waals surface area (Å²) < 4.78 is 7.60. The van der Waals surface area contributed by atoms with Crippen molar-refractivity contribution < 1.29 is 4.74 Å². The largest absolute Gasteiger partial charge is 0.497 e. The van der Waals surface area contributed by atoms with Crippen molar-refractivity contribution in [3.63, 3.8) is 0 Å². The molecule has 0 aliphatic carbocycles. The molecule has 2 aromatic carbocycles. The number of aryl methyl sites for hydroxylation is 1. The summed E-state index contributed by atoms with van der Waals surface area (Å²) >= 11 is 1.79. The van der Waals surface area contributed by atoms with Crippen molar-refractivity contribution in [2.24, 2.45) is 10.7 Å². The smallest absolute Gasteiger partial charge is 0.125 e. The molecular formula is C22H29N5OS. The fourth-order valence-corrected chi connectivity index (χ4v) is 3.88. The topological polar surface area (TPSA) is 66.1 Å². The van der Waals surface area contributed by atoms with Gasteiger partial charge >= 0.3 is 0 Å². The first-order chi connectivity index (χ1) is 14.0. The predicted molar refractivity (Wildman–Crippen MR) is 121 cm³/mol. The number of piperazine rings is 1. The molecule has 1 saturated heterocycles. The summed E-state index contributed by atoms with van der Waals surface area (Å²) in [4.78, 5) is 5.67. The van der Waals surface area contributed by atoms with Gasteiger partial charge in [0, 0.05) is 42.8 Å². The highest BCUT2D eigenvalue weighted by molar-refractivity contribution is 7.97. The molecule has 154 valence electrons. The summed E-state index contributed by atoms with van der Waals surface area (Å²) in [6.07, 6.45) is 1.87. The molecule has 0 atom stereocenters. The Morgan fingerprint density at radius 2 is 1.72 bits per heavy atom. The third-order valence-electron chi connectivity index (χ3n) is 4.52. The summed E-state index contributed by atoms with van der Waals surface area (Å²) in [5.41, 5.74) is 12.6. The Kier molecular flexibility index (Phi) is 7.57. The van der Waals surface area contributed by atoms with Crippen molar-refractivity contribution in [2.45, 2.75) is 18.7 Å². The number of nitrogens with zero attached hydrogens (tertiary/aromatic N) is 3. The van der Waals surface area contributed by atoms with Gasteiger partial charge in [0.25, 0.3) is 0 Å². The molecule has 0 saturated carbocycles. The van der Waals surface area contributed by atoms with E-state index >= 15 is 0 Å². The van der Waals surface area contributed by atoms with Crippen LogP contribution in [0.4, 0.5) is 5.69 Å². The number of benzene rings is 2. The van der Waals surface area contributed by atoms with Gasteiger partial charge in [-0.1, -0.05) is 17.7 Å². The zero-order valence-electron chi connectivity index (χ0n) is 17.3. The number of methoxy groups -OCH3 is 1. The third-order valence-corrected chi connectivity index (χ3v) is 5.63. The lowest BCUT2D eigenvalue weighted by Crippen LogP contribution is -2.49. The maximum atomic E-state index is 6.07. The summed E-state index contributed by atoms with van der Waals surface area (Å²) in [5.74, 6) is 1.38. The number of rotatable bonds is 7. The number of aliphatic imine (C=N–C) groups is 1. The normalized spacial score (nSPS) is 16.7. The van der Waals surface area contributed by atoms with Gasteiger partial charge in [0.05, 0.1) is 12.8 Å². The standard InChI is InChI=1S/C22H29N5OS/c1-17-4-6-19(7-5-17)24-22(23)16-18(2)25-26-12-14-27(15-13-26)29-21-10-8-20(28-3)9-11-21/h4-11,16,25H,12-15H2,1-3H3,(H2,23,24)/b18-16-. The van der Waals surface area contributed by atoms with Crippen LogP contribution in [0.15, 0.2) is 70.2 Å². The number of ether oxygens (including phenoxy) is 1. The van der Waals surface area contributed by atoms with Crippen LogP contribution in [-0.2, 0) is 0 Å². The van der Waals surface area contributed by atoms with Crippen molar-refractivity contribution in [3.8, 4) is 5.75 Å². The van der Waals surface area contributed by atoms with Gasteiger partial charge in [-0.15, -0.1) is 0 Å². The highest BCUT2D eigenvalue weighted by Gasteiger charge is 2.17. The Morgan fingerprint density at radius 3 is 2.34 bits per heavy atom. The highest BCUT2D eigenvalue weighted by Crippen LogP contribution is 2.25. The second-order valence-electron chi connectivity index (χ2n) is 6.99. The Hall–Kier alpha value is -2.48. The molecule has 29 heavy (non-hydrogen) atoms. The van der Waals surface area contributed by atoms with Gasteiger partial charge in [0.2, 0.25) is 0 Å². The fraction of sp³-hybridized carbons (Fsp3) is 0.318. The summed E-state index contributed by atoms with van der Waals surface area (Å²) in [5, 5.41) is 2.22. The summed E-state index contributed by atoms with van der Waals surface area (Å²) in [6.45, 7) is 7.89. The van der Waals surface area contributed by atoms with E-state index in [1.54, 1.807) is 19.1 Å². The van der Waals surface area contributed by atoms with Gasteiger partial charge in [-0.05, 0) is 62.2 Å². The van der Waals surface area contributed by atoms with Crippen LogP contribution >= 0.6 is 11.9 Å². The molecule has 0 spiro atoms. The second kappa shape index (κ2) is 10.3. The van der Waals surface area contributed by atoms with Crippen molar-refractivity contribution in [1.82, 2.24) is 14.7 Å². The van der Waals surface area contributed by atoms with Gasteiger partial charge in [-0.3, -0.25) is 0 Å². The van der Waals surface area contributed by atoms with Crippen LogP contribution in [0.25, 0.3) is 0 Å². The molecule has 1 fully saturated rings. The van der Waals surface area contributed by atoms with Gasteiger partial charge in [-0.25, -0.2) is 14.3 Å². The maximum Gasteiger partial charge on any atom is 0.125 e. The average Bonchev–Trinajstić information content (AvgIpc) is 2.71. The Balaban J connectivity index is 1.46. The molecule has 0 unspecified atom stereocenters. The quantitative estimate of drug-likeness (QED) is 0.411.